The molecule has 2 N–H and O–H groups in total. The number of fused-ring (bicyclic) bond motifs is 1. The average molecular weight is 156 g/mol. The second kappa shape index (κ2) is 1.84. The Morgan fingerprint density at radius 3 is 2.91 bits per heavy atom. The molecule has 2 aliphatic rings. The van der Waals surface area contributed by atoms with Gasteiger partial charge in [0.25, 0.3) is 0 Å². The topological polar surface area (TPSA) is 29.3 Å². The van der Waals surface area contributed by atoms with Crippen LogP contribution in [0.4, 0.5) is 4.39 Å². The van der Waals surface area contributed by atoms with Crippen molar-refractivity contribution in [1.82, 2.24) is 4.90 Å². The summed E-state index contributed by atoms with van der Waals surface area (Å²) in [7, 11) is 1.90. The molecule has 62 valence electrons. The van der Waals surface area contributed by atoms with Crippen molar-refractivity contribution in [3.63, 3.8) is 0 Å². The number of likely N-dealkylation sites (N-methyl/N-ethyl adjacent to an activating group) is 1. The zero-order valence-corrected chi connectivity index (χ0v) is 6.68. The number of rotatable bonds is 0. The van der Waals surface area contributed by atoms with Crippen molar-refractivity contribution in [2.45, 2.75) is 17.6 Å². The Hall–Kier alpha value is -0.410. The van der Waals surface area contributed by atoms with E-state index >= 15 is 0 Å². The second-order valence-electron chi connectivity index (χ2n) is 3.80. The van der Waals surface area contributed by atoms with Crippen molar-refractivity contribution >= 4 is 0 Å². The standard InChI is InChI=1S/C8H13FN2/c1-11-5-7(9)3-2-4-8(7,10)6-11/h2-3H,4-6,10H2,1H3/t7?,8-/m1/s1. The maximum atomic E-state index is 13.9. The molecule has 0 bridgehead atoms. The molecular weight excluding hydrogens is 143 g/mol. The van der Waals surface area contributed by atoms with Gasteiger partial charge < -0.3 is 10.6 Å². The Balaban J connectivity index is 2.33. The summed E-state index contributed by atoms with van der Waals surface area (Å²) in [5, 5.41) is 0. The predicted molar refractivity (Wildman–Crippen MR) is 42.0 cm³/mol. The third-order valence-electron chi connectivity index (χ3n) is 2.74. The molecule has 2 rings (SSSR count). The van der Waals surface area contributed by atoms with Crippen molar-refractivity contribution in [1.29, 1.82) is 0 Å². The molecule has 1 aliphatic carbocycles. The summed E-state index contributed by atoms with van der Waals surface area (Å²) >= 11 is 0. The van der Waals surface area contributed by atoms with Crippen molar-refractivity contribution in [3.8, 4) is 0 Å². The van der Waals surface area contributed by atoms with Gasteiger partial charge in [0.2, 0.25) is 0 Å². The molecule has 1 heterocycles. The molecule has 1 fully saturated rings. The molecule has 0 aromatic rings. The highest BCUT2D eigenvalue weighted by molar-refractivity contribution is 5.28. The number of hydrogen-bond donors (Lipinski definition) is 1. The Morgan fingerprint density at radius 2 is 2.27 bits per heavy atom. The Bertz CT molecular complexity index is 216. The molecule has 1 aliphatic heterocycles. The number of alkyl halides is 1. The van der Waals surface area contributed by atoms with Crippen molar-refractivity contribution < 1.29 is 4.39 Å². The molecule has 0 radical (unpaired) electrons. The maximum absolute atomic E-state index is 13.9. The lowest BCUT2D eigenvalue weighted by Gasteiger charge is -2.27. The summed E-state index contributed by atoms with van der Waals surface area (Å²) in [6, 6.07) is 0. The van der Waals surface area contributed by atoms with Gasteiger partial charge >= 0.3 is 0 Å². The van der Waals surface area contributed by atoms with E-state index in [1.807, 2.05) is 18.0 Å². The van der Waals surface area contributed by atoms with Crippen LogP contribution < -0.4 is 5.73 Å². The minimum absolute atomic E-state index is 0.444. The predicted octanol–water partition coefficient (Wildman–Crippen LogP) is 0.297. The summed E-state index contributed by atoms with van der Waals surface area (Å²) in [5.41, 5.74) is 4.01. The molecule has 0 saturated carbocycles. The van der Waals surface area contributed by atoms with Crippen LogP contribution in [-0.4, -0.2) is 36.2 Å². The van der Waals surface area contributed by atoms with Crippen LogP contribution in [0.1, 0.15) is 6.42 Å². The van der Waals surface area contributed by atoms with Crippen LogP contribution >= 0.6 is 0 Å². The van der Waals surface area contributed by atoms with Gasteiger partial charge in [-0.2, -0.15) is 0 Å². The Morgan fingerprint density at radius 1 is 1.55 bits per heavy atom. The molecule has 0 aromatic heterocycles. The fourth-order valence-electron chi connectivity index (χ4n) is 2.13. The van der Waals surface area contributed by atoms with Crippen LogP contribution in [0, 0.1) is 0 Å². The van der Waals surface area contributed by atoms with E-state index in [9.17, 15) is 4.39 Å². The van der Waals surface area contributed by atoms with E-state index in [1.54, 1.807) is 6.08 Å². The Labute approximate surface area is 65.9 Å². The minimum atomic E-state index is -1.26. The van der Waals surface area contributed by atoms with Crippen LogP contribution in [0.5, 0.6) is 0 Å². The van der Waals surface area contributed by atoms with Gasteiger partial charge in [0, 0.05) is 13.1 Å². The van der Waals surface area contributed by atoms with Gasteiger partial charge in [-0.3, -0.25) is 0 Å². The first-order valence-corrected chi connectivity index (χ1v) is 3.90. The number of halogens is 1. The number of hydrogen-bond acceptors (Lipinski definition) is 2. The molecular formula is C8H13FN2. The summed E-state index contributed by atoms with van der Waals surface area (Å²) in [5.74, 6) is 0. The Kier molecular flexibility index (Phi) is 1.22. The van der Waals surface area contributed by atoms with E-state index < -0.39 is 11.2 Å². The lowest BCUT2D eigenvalue weighted by Crippen LogP contribution is -2.53. The van der Waals surface area contributed by atoms with Gasteiger partial charge in [-0.15, -0.1) is 0 Å². The lowest BCUT2D eigenvalue weighted by atomic mass is 9.88. The zero-order valence-electron chi connectivity index (χ0n) is 6.68. The first kappa shape index (κ1) is 7.25. The molecule has 2 atom stereocenters. The normalized spacial score (nSPS) is 50.1. The van der Waals surface area contributed by atoms with E-state index in [4.69, 9.17) is 5.73 Å². The van der Waals surface area contributed by atoms with E-state index in [0.717, 1.165) is 0 Å². The summed E-state index contributed by atoms with van der Waals surface area (Å²) in [6.45, 7) is 1.11. The highest BCUT2D eigenvalue weighted by Crippen LogP contribution is 2.40. The van der Waals surface area contributed by atoms with E-state index in [0.29, 0.717) is 19.5 Å². The molecule has 11 heavy (non-hydrogen) atoms. The van der Waals surface area contributed by atoms with Crippen molar-refractivity contribution in [3.05, 3.63) is 12.2 Å². The maximum Gasteiger partial charge on any atom is 0.161 e. The second-order valence-corrected chi connectivity index (χ2v) is 3.80. The number of nitrogens with two attached hydrogens (primary N) is 1. The highest BCUT2D eigenvalue weighted by Gasteiger charge is 2.56. The van der Waals surface area contributed by atoms with E-state index in [-0.39, 0.29) is 0 Å². The van der Waals surface area contributed by atoms with Gasteiger partial charge in [-0.05, 0) is 19.5 Å². The van der Waals surface area contributed by atoms with Gasteiger partial charge in [0.05, 0.1) is 5.54 Å². The lowest BCUT2D eigenvalue weighted by molar-refractivity contribution is 0.171. The van der Waals surface area contributed by atoms with Crippen LogP contribution in [0.25, 0.3) is 0 Å². The summed E-state index contributed by atoms with van der Waals surface area (Å²) in [6.07, 6.45) is 4.15. The fourth-order valence-corrected chi connectivity index (χ4v) is 2.13. The molecule has 1 unspecified atom stereocenters. The first-order valence-electron chi connectivity index (χ1n) is 3.90. The summed E-state index contributed by atoms with van der Waals surface area (Å²) in [4.78, 5) is 1.95. The van der Waals surface area contributed by atoms with Gasteiger partial charge in [0.1, 0.15) is 0 Å². The largest absolute Gasteiger partial charge is 0.321 e. The smallest absolute Gasteiger partial charge is 0.161 e. The van der Waals surface area contributed by atoms with Crippen LogP contribution in [0.2, 0.25) is 0 Å². The van der Waals surface area contributed by atoms with Crippen molar-refractivity contribution in [2.24, 2.45) is 5.73 Å². The summed E-state index contributed by atoms with van der Waals surface area (Å²) < 4.78 is 13.9. The first-order chi connectivity index (χ1) is 5.06. The third-order valence-corrected chi connectivity index (χ3v) is 2.74. The minimum Gasteiger partial charge on any atom is -0.321 e. The molecule has 0 spiro atoms. The van der Waals surface area contributed by atoms with Gasteiger partial charge in [0.15, 0.2) is 5.67 Å². The highest BCUT2D eigenvalue weighted by atomic mass is 19.1. The van der Waals surface area contributed by atoms with Gasteiger partial charge in [-0.25, -0.2) is 4.39 Å². The number of nitrogens with zero attached hydrogens (tertiary/aromatic N) is 1. The number of likely N-dealkylation sites (tertiary alicyclic amines) is 1. The fraction of sp³-hybridized carbons (Fsp3) is 0.750. The average Bonchev–Trinajstić information content (AvgIpc) is 2.16. The quantitative estimate of drug-likeness (QED) is 0.511. The van der Waals surface area contributed by atoms with Crippen LogP contribution in [-0.2, 0) is 0 Å². The molecule has 0 aromatic carbocycles. The SMILES string of the molecule is CN1CC2(F)C=CC[C@@]2(N)C1. The van der Waals surface area contributed by atoms with Gasteiger partial charge in [-0.1, -0.05) is 6.08 Å². The molecule has 0 amide bonds. The third kappa shape index (κ3) is 0.781. The van der Waals surface area contributed by atoms with Crippen LogP contribution in [0.3, 0.4) is 0 Å². The monoisotopic (exact) mass is 156 g/mol. The molecule has 1 saturated heterocycles. The zero-order chi connectivity index (χ0) is 8.11. The van der Waals surface area contributed by atoms with E-state index in [2.05, 4.69) is 0 Å². The molecule has 2 nitrogen and oxygen atoms in total. The van der Waals surface area contributed by atoms with Crippen molar-refractivity contribution in [2.75, 3.05) is 20.1 Å². The molecule has 3 heteroatoms. The van der Waals surface area contributed by atoms with Crippen LogP contribution in [0.15, 0.2) is 12.2 Å². The van der Waals surface area contributed by atoms with E-state index in [1.165, 1.54) is 0 Å².